The Morgan fingerprint density at radius 1 is 1.39 bits per heavy atom. The second-order valence-electron chi connectivity index (χ2n) is 5.44. The predicted octanol–water partition coefficient (Wildman–Crippen LogP) is 3.58. The van der Waals surface area contributed by atoms with Gasteiger partial charge in [-0.3, -0.25) is 0 Å². The number of urea groups is 1. The molecule has 0 radical (unpaired) electrons. The molecule has 0 saturated carbocycles. The molecule has 1 atom stereocenters. The highest BCUT2D eigenvalue weighted by atomic mass is 32.2. The normalized spacial score (nSPS) is 18.3. The molecule has 1 aliphatic heterocycles. The number of carbonyl (C=O) groups is 1. The Kier molecular flexibility index (Phi) is 6.17. The van der Waals surface area contributed by atoms with Crippen LogP contribution in [-0.2, 0) is 0 Å². The number of rotatable bonds is 5. The Hall–Kier alpha value is -1.41. The third-order valence-electron chi connectivity index (χ3n) is 3.63. The maximum Gasteiger partial charge on any atom is 0.398 e. The van der Waals surface area contributed by atoms with Gasteiger partial charge in [0.2, 0.25) is 0 Å². The second-order valence-corrected chi connectivity index (χ2v) is 6.46. The van der Waals surface area contributed by atoms with Crippen molar-refractivity contribution in [2.24, 2.45) is 5.92 Å². The van der Waals surface area contributed by atoms with Crippen LogP contribution < -0.4 is 5.32 Å². The van der Waals surface area contributed by atoms with Crippen molar-refractivity contribution in [3.8, 4) is 0 Å². The molecule has 1 aromatic rings. The van der Waals surface area contributed by atoms with E-state index in [1.165, 1.54) is 0 Å². The van der Waals surface area contributed by atoms with Gasteiger partial charge in [0.15, 0.2) is 0 Å². The molecule has 128 valence electrons. The summed E-state index contributed by atoms with van der Waals surface area (Å²) in [4.78, 5) is 14.3. The van der Waals surface area contributed by atoms with E-state index in [1.54, 1.807) is 29.2 Å². The zero-order chi connectivity index (χ0) is 16.9. The predicted molar refractivity (Wildman–Crippen MR) is 83.6 cm³/mol. The number of hydrogen-bond acceptors (Lipinski definition) is 3. The summed E-state index contributed by atoms with van der Waals surface area (Å²) < 4.78 is 37.1. The Morgan fingerprint density at radius 2 is 2.13 bits per heavy atom. The maximum absolute atomic E-state index is 12.4. The number of halogens is 3. The monoisotopic (exact) mass is 348 g/mol. The van der Waals surface area contributed by atoms with Gasteiger partial charge in [0, 0.05) is 24.6 Å². The topological polar surface area (TPSA) is 52.6 Å². The molecule has 1 aliphatic rings. The van der Waals surface area contributed by atoms with Crippen LogP contribution in [-0.4, -0.2) is 47.7 Å². The van der Waals surface area contributed by atoms with Crippen LogP contribution in [0.15, 0.2) is 29.2 Å². The fourth-order valence-corrected chi connectivity index (χ4v) is 3.25. The fraction of sp³-hybridized carbons (Fsp3) is 0.533. The maximum atomic E-state index is 12.4. The molecule has 0 bridgehead atoms. The number of thioether (sulfide) groups is 1. The molecule has 0 unspecified atom stereocenters. The van der Waals surface area contributed by atoms with Crippen LogP contribution in [0.4, 0.5) is 23.7 Å². The number of anilines is 1. The van der Waals surface area contributed by atoms with Crippen molar-refractivity contribution in [3.63, 3.8) is 0 Å². The van der Waals surface area contributed by atoms with Gasteiger partial charge in [0.25, 0.3) is 0 Å². The molecule has 1 fully saturated rings. The number of nitrogens with zero attached hydrogens (tertiary/aromatic N) is 1. The number of amides is 2. The number of carbonyl (C=O) groups excluding carboxylic acids is 1. The highest BCUT2D eigenvalue weighted by molar-refractivity contribution is 7.99. The third-order valence-corrected chi connectivity index (χ3v) is 4.77. The molecule has 2 rings (SSSR count). The summed E-state index contributed by atoms with van der Waals surface area (Å²) in [6.45, 7) is 1.25. The van der Waals surface area contributed by atoms with Crippen LogP contribution in [0.25, 0.3) is 0 Å². The van der Waals surface area contributed by atoms with Crippen molar-refractivity contribution < 1.29 is 23.1 Å². The summed E-state index contributed by atoms with van der Waals surface area (Å²) >= 11 is 0.656. The van der Waals surface area contributed by atoms with E-state index in [9.17, 15) is 18.0 Å². The summed E-state index contributed by atoms with van der Waals surface area (Å²) in [7, 11) is 0. The summed E-state index contributed by atoms with van der Waals surface area (Å²) in [6, 6.07) is 6.15. The smallest absolute Gasteiger partial charge is 0.396 e. The van der Waals surface area contributed by atoms with Gasteiger partial charge >= 0.3 is 12.2 Å². The highest BCUT2D eigenvalue weighted by Gasteiger charge is 2.29. The number of nitrogens with one attached hydrogen (secondary N) is 1. The minimum absolute atomic E-state index is 0.0943. The molecule has 0 aliphatic carbocycles. The van der Waals surface area contributed by atoms with Crippen LogP contribution in [0.5, 0.6) is 0 Å². The quantitative estimate of drug-likeness (QED) is 0.800. The van der Waals surface area contributed by atoms with E-state index in [4.69, 9.17) is 5.11 Å². The van der Waals surface area contributed by atoms with Crippen molar-refractivity contribution in [2.45, 2.75) is 23.9 Å². The fourth-order valence-electron chi connectivity index (χ4n) is 2.48. The number of hydrogen-bond donors (Lipinski definition) is 2. The first-order valence-electron chi connectivity index (χ1n) is 7.34. The van der Waals surface area contributed by atoms with Crippen molar-refractivity contribution >= 4 is 23.5 Å². The summed E-state index contributed by atoms with van der Waals surface area (Å²) in [5.41, 5.74) is 0.386. The zero-order valence-corrected chi connectivity index (χ0v) is 13.3. The average Bonchev–Trinajstić information content (AvgIpc) is 2.95. The summed E-state index contributed by atoms with van der Waals surface area (Å²) in [6.07, 6.45) is -2.77. The molecule has 0 aromatic heterocycles. The Bertz CT molecular complexity index is 540. The highest BCUT2D eigenvalue weighted by Crippen LogP contribution is 2.32. The Morgan fingerprint density at radius 3 is 2.83 bits per heavy atom. The van der Waals surface area contributed by atoms with E-state index in [2.05, 4.69) is 5.32 Å². The number of likely N-dealkylation sites (tertiary alicyclic amines) is 1. The lowest BCUT2D eigenvalue weighted by atomic mass is 10.1. The van der Waals surface area contributed by atoms with Crippen molar-refractivity contribution in [1.82, 2.24) is 4.90 Å². The summed E-state index contributed by atoms with van der Waals surface area (Å²) in [5.74, 6) is -0.720. The van der Waals surface area contributed by atoms with Gasteiger partial charge in [-0.15, -0.1) is 11.8 Å². The molecular weight excluding hydrogens is 329 g/mol. The molecular formula is C15H19F3N2O2S. The lowest BCUT2D eigenvalue weighted by Gasteiger charge is -2.19. The van der Waals surface area contributed by atoms with Crippen molar-refractivity contribution in [3.05, 3.63) is 24.3 Å². The van der Waals surface area contributed by atoms with Crippen LogP contribution in [0.3, 0.4) is 0 Å². The van der Waals surface area contributed by atoms with Crippen molar-refractivity contribution in [1.29, 1.82) is 0 Å². The molecule has 1 heterocycles. The van der Waals surface area contributed by atoms with Gasteiger partial charge < -0.3 is 15.3 Å². The zero-order valence-electron chi connectivity index (χ0n) is 12.5. The van der Waals surface area contributed by atoms with Crippen LogP contribution >= 0.6 is 11.8 Å². The number of benzene rings is 1. The summed E-state index contributed by atoms with van der Waals surface area (Å²) in [5, 5.41) is 11.6. The van der Waals surface area contributed by atoms with Crippen LogP contribution in [0, 0.1) is 5.92 Å². The molecule has 1 saturated heterocycles. The van der Waals surface area contributed by atoms with Gasteiger partial charge in [0.05, 0.1) is 11.4 Å². The van der Waals surface area contributed by atoms with E-state index in [1.807, 2.05) is 0 Å². The van der Waals surface area contributed by atoms with E-state index in [-0.39, 0.29) is 18.6 Å². The third kappa shape index (κ3) is 5.62. The van der Waals surface area contributed by atoms with E-state index < -0.39 is 11.9 Å². The van der Waals surface area contributed by atoms with Gasteiger partial charge in [-0.05, 0) is 30.9 Å². The first-order chi connectivity index (χ1) is 10.9. The van der Waals surface area contributed by atoms with Gasteiger partial charge in [-0.1, -0.05) is 12.1 Å². The minimum atomic E-state index is -4.26. The molecule has 2 N–H and O–H groups in total. The Balaban J connectivity index is 1.96. The minimum Gasteiger partial charge on any atom is -0.396 e. The average molecular weight is 348 g/mol. The van der Waals surface area contributed by atoms with E-state index in [0.717, 1.165) is 6.42 Å². The second kappa shape index (κ2) is 7.92. The largest absolute Gasteiger partial charge is 0.398 e. The van der Waals surface area contributed by atoms with E-state index in [0.29, 0.717) is 41.9 Å². The molecule has 4 nitrogen and oxygen atoms in total. The molecule has 0 spiro atoms. The SMILES string of the molecule is O=C(Nc1ccccc1SCC(F)(F)F)N1CC[C@@H](CCO)C1. The molecule has 1 aromatic carbocycles. The lowest BCUT2D eigenvalue weighted by Crippen LogP contribution is -2.33. The van der Waals surface area contributed by atoms with E-state index >= 15 is 0 Å². The number of aliphatic hydroxyl groups excluding tert-OH is 1. The standard InChI is InChI=1S/C15H19F3N2O2S/c16-15(17,18)10-23-13-4-2-1-3-12(13)19-14(22)20-7-5-11(9-20)6-8-21/h1-4,11,21H,5-10H2,(H,19,22)/t11-/m0/s1. The van der Waals surface area contributed by atoms with Gasteiger partial charge in [-0.2, -0.15) is 13.2 Å². The molecule has 2 amide bonds. The lowest BCUT2D eigenvalue weighted by molar-refractivity contribution is -0.105. The Labute approximate surface area is 137 Å². The molecule has 8 heteroatoms. The number of para-hydroxylation sites is 1. The molecule has 23 heavy (non-hydrogen) atoms. The number of alkyl halides is 3. The number of aliphatic hydroxyl groups is 1. The first kappa shape index (κ1) is 17.9. The van der Waals surface area contributed by atoms with Gasteiger partial charge in [0.1, 0.15) is 0 Å². The van der Waals surface area contributed by atoms with Gasteiger partial charge in [-0.25, -0.2) is 4.79 Å². The van der Waals surface area contributed by atoms with Crippen LogP contribution in [0.2, 0.25) is 0 Å². The van der Waals surface area contributed by atoms with Crippen molar-refractivity contribution in [2.75, 3.05) is 30.8 Å². The van der Waals surface area contributed by atoms with Crippen LogP contribution in [0.1, 0.15) is 12.8 Å². The first-order valence-corrected chi connectivity index (χ1v) is 8.33.